The van der Waals surface area contributed by atoms with Crippen molar-refractivity contribution in [3.63, 3.8) is 0 Å². The lowest BCUT2D eigenvalue weighted by Gasteiger charge is -2.15. The Morgan fingerprint density at radius 3 is 2.75 bits per heavy atom. The van der Waals surface area contributed by atoms with Crippen LogP contribution < -0.4 is 26.4 Å². The number of ether oxygens (including phenoxy) is 1. The van der Waals surface area contributed by atoms with Crippen LogP contribution in [0.4, 0.5) is 17.2 Å². The highest BCUT2D eigenvalue weighted by atomic mass is 16.5. The number of carbonyl (C=O) groups is 2. The highest BCUT2D eigenvalue weighted by Gasteiger charge is 2.30. The Hall–Kier alpha value is -3.20. The number of carbonyl (C=O) groups excluding carboxylic acids is 2. The van der Waals surface area contributed by atoms with Gasteiger partial charge >= 0.3 is 0 Å². The molecule has 0 radical (unpaired) electrons. The molecule has 9 heteroatoms. The number of benzene rings is 1. The van der Waals surface area contributed by atoms with Crippen molar-refractivity contribution >= 4 is 29.0 Å². The minimum absolute atomic E-state index is 0.00395. The molecule has 1 aliphatic heterocycles. The van der Waals surface area contributed by atoms with Crippen LogP contribution in [0.25, 0.3) is 0 Å². The van der Waals surface area contributed by atoms with Gasteiger partial charge in [-0.05, 0) is 37.9 Å². The van der Waals surface area contributed by atoms with Crippen molar-refractivity contribution in [1.29, 1.82) is 0 Å². The van der Waals surface area contributed by atoms with E-state index in [2.05, 4.69) is 26.1 Å². The molecule has 2 fully saturated rings. The second-order valence-corrected chi connectivity index (χ2v) is 7.01. The largest absolute Gasteiger partial charge is 0.489 e. The Bertz CT molecular complexity index is 893. The molecule has 0 spiro atoms. The number of primary amides is 1. The fourth-order valence-electron chi connectivity index (χ4n) is 3.03. The van der Waals surface area contributed by atoms with Crippen molar-refractivity contribution in [2.75, 3.05) is 23.7 Å². The molecule has 2 aliphatic rings. The second kappa shape index (κ2) is 7.81. The van der Waals surface area contributed by atoms with Gasteiger partial charge in [0.15, 0.2) is 11.5 Å². The van der Waals surface area contributed by atoms with E-state index in [4.69, 9.17) is 10.5 Å². The van der Waals surface area contributed by atoms with Crippen LogP contribution in [0.2, 0.25) is 0 Å². The van der Waals surface area contributed by atoms with Crippen molar-refractivity contribution in [3.8, 4) is 5.75 Å². The summed E-state index contributed by atoms with van der Waals surface area (Å²) in [6.45, 7) is 1.77. The molecule has 2 heterocycles. The molecule has 0 bridgehead atoms. The molecular weight excluding hydrogens is 360 g/mol. The average Bonchev–Trinajstić information content (AvgIpc) is 3.40. The first kappa shape index (κ1) is 18.2. The predicted molar refractivity (Wildman–Crippen MR) is 104 cm³/mol. The summed E-state index contributed by atoms with van der Waals surface area (Å²) < 4.78 is 5.96. The quantitative estimate of drug-likeness (QED) is 0.569. The second-order valence-electron chi connectivity index (χ2n) is 7.01. The number of amides is 2. The smallest absolute Gasteiger partial charge is 0.271 e. The van der Waals surface area contributed by atoms with Gasteiger partial charge in [0.25, 0.3) is 5.91 Å². The lowest BCUT2D eigenvalue weighted by atomic mass is 10.2. The molecule has 1 unspecified atom stereocenters. The Morgan fingerprint density at radius 1 is 1.18 bits per heavy atom. The van der Waals surface area contributed by atoms with Gasteiger partial charge in [-0.25, -0.2) is 0 Å². The van der Waals surface area contributed by atoms with E-state index in [1.807, 2.05) is 24.3 Å². The standard InChI is InChI=1S/C19H22N6O3/c20-18(26)17-15(9-16(24-25-17)23-19(27)11-4-5-11)22-12-2-1-3-13(8-12)28-14-6-7-21-10-14/h1-3,8-9,11,14,21H,4-7,10H2,(H2,20,26)(H2,22,23,24,27). The van der Waals surface area contributed by atoms with Gasteiger partial charge in [0.1, 0.15) is 11.9 Å². The number of rotatable bonds is 7. The van der Waals surface area contributed by atoms with Gasteiger partial charge in [-0.2, -0.15) is 0 Å². The monoisotopic (exact) mass is 382 g/mol. The zero-order chi connectivity index (χ0) is 19.5. The van der Waals surface area contributed by atoms with E-state index in [1.54, 1.807) is 6.07 Å². The van der Waals surface area contributed by atoms with Gasteiger partial charge in [-0.15, -0.1) is 10.2 Å². The molecule has 1 saturated heterocycles. The number of hydrogen-bond donors (Lipinski definition) is 4. The highest BCUT2D eigenvalue weighted by Crippen LogP contribution is 2.30. The van der Waals surface area contributed by atoms with E-state index in [-0.39, 0.29) is 29.4 Å². The van der Waals surface area contributed by atoms with Gasteiger partial charge in [-0.3, -0.25) is 9.59 Å². The predicted octanol–water partition coefficient (Wildman–Crippen LogP) is 1.41. The third-order valence-electron chi connectivity index (χ3n) is 4.66. The molecule has 1 atom stereocenters. The van der Waals surface area contributed by atoms with E-state index >= 15 is 0 Å². The molecule has 1 saturated carbocycles. The average molecular weight is 382 g/mol. The Kier molecular flexibility index (Phi) is 5.07. The lowest BCUT2D eigenvalue weighted by Crippen LogP contribution is -2.20. The van der Waals surface area contributed by atoms with Gasteiger partial charge in [-0.1, -0.05) is 6.07 Å². The highest BCUT2D eigenvalue weighted by molar-refractivity contribution is 5.98. The summed E-state index contributed by atoms with van der Waals surface area (Å²) in [5.41, 5.74) is 6.49. The Balaban J connectivity index is 1.53. The molecule has 2 aromatic rings. The van der Waals surface area contributed by atoms with E-state index in [0.29, 0.717) is 11.4 Å². The van der Waals surface area contributed by atoms with E-state index in [0.717, 1.165) is 38.1 Å². The van der Waals surface area contributed by atoms with Gasteiger partial charge in [0.05, 0.1) is 5.69 Å². The molecule has 9 nitrogen and oxygen atoms in total. The lowest BCUT2D eigenvalue weighted by molar-refractivity contribution is -0.117. The minimum atomic E-state index is -0.709. The number of nitrogens with two attached hydrogens (primary N) is 1. The third kappa shape index (κ3) is 4.37. The first-order chi connectivity index (χ1) is 13.6. The molecular formula is C19H22N6O3. The summed E-state index contributed by atoms with van der Waals surface area (Å²) in [7, 11) is 0. The maximum Gasteiger partial charge on any atom is 0.271 e. The SMILES string of the molecule is NC(=O)c1nnc(NC(=O)C2CC2)cc1Nc1cccc(OC2CCNC2)c1. The van der Waals surface area contributed by atoms with Crippen molar-refractivity contribution in [3.05, 3.63) is 36.0 Å². The van der Waals surface area contributed by atoms with Gasteiger partial charge in [0, 0.05) is 30.3 Å². The van der Waals surface area contributed by atoms with Crippen LogP contribution in [-0.4, -0.2) is 41.2 Å². The minimum Gasteiger partial charge on any atom is -0.489 e. The summed E-state index contributed by atoms with van der Waals surface area (Å²) in [6.07, 6.45) is 2.87. The van der Waals surface area contributed by atoms with Crippen LogP contribution in [0, 0.1) is 5.92 Å². The van der Waals surface area contributed by atoms with Gasteiger partial charge < -0.3 is 26.4 Å². The van der Waals surface area contributed by atoms with Crippen LogP contribution in [0.5, 0.6) is 5.75 Å². The maximum atomic E-state index is 12.0. The molecule has 146 valence electrons. The van der Waals surface area contributed by atoms with Gasteiger partial charge in [0.2, 0.25) is 5.91 Å². The fourth-order valence-corrected chi connectivity index (χ4v) is 3.03. The fraction of sp³-hybridized carbons (Fsp3) is 0.368. The Labute approximate surface area is 162 Å². The first-order valence-corrected chi connectivity index (χ1v) is 9.31. The summed E-state index contributed by atoms with van der Waals surface area (Å²) in [4.78, 5) is 23.7. The molecule has 28 heavy (non-hydrogen) atoms. The number of anilines is 3. The zero-order valence-electron chi connectivity index (χ0n) is 15.3. The molecule has 4 rings (SSSR count). The first-order valence-electron chi connectivity index (χ1n) is 9.31. The van der Waals surface area contributed by atoms with Crippen LogP contribution in [0.1, 0.15) is 29.8 Å². The Morgan fingerprint density at radius 2 is 2.04 bits per heavy atom. The van der Waals surface area contributed by atoms with Crippen molar-refractivity contribution < 1.29 is 14.3 Å². The number of nitrogens with zero attached hydrogens (tertiary/aromatic N) is 2. The van der Waals surface area contributed by atoms with Crippen molar-refractivity contribution in [1.82, 2.24) is 15.5 Å². The summed E-state index contributed by atoms with van der Waals surface area (Å²) in [5, 5.41) is 16.9. The summed E-state index contributed by atoms with van der Waals surface area (Å²) >= 11 is 0. The van der Waals surface area contributed by atoms with E-state index < -0.39 is 5.91 Å². The summed E-state index contributed by atoms with van der Waals surface area (Å²) in [5.74, 6) is 0.234. The zero-order valence-corrected chi connectivity index (χ0v) is 15.3. The van der Waals surface area contributed by atoms with Crippen LogP contribution >= 0.6 is 0 Å². The van der Waals surface area contributed by atoms with E-state index in [9.17, 15) is 9.59 Å². The molecule has 1 aliphatic carbocycles. The molecule has 1 aromatic heterocycles. The summed E-state index contributed by atoms with van der Waals surface area (Å²) in [6, 6.07) is 8.97. The molecule has 1 aromatic carbocycles. The number of hydrogen-bond acceptors (Lipinski definition) is 7. The maximum absolute atomic E-state index is 12.0. The molecule has 5 N–H and O–H groups in total. The van der Waals surface area contributed by atoms with Crippen LogP contribution in [0.15, 0.2) is 30.3 Å². The van der Waals surface area contributed by atoms with Crippen LogP contribution in [-0.2, 0) is 4.79 Å². The van der Waals surface area contributed by atoms with Crippen molar-refractivity contribution in [2.24, 2.45) is 11.7 Å². The molecule has 2 amide bonds. The number of nitrogens with one attached hydrogen (secondary N) is 3. The normalized spacial score (nSPS) is 18.5. The van der Waals surface area contributed by atoms with Crippen molar-refractivity contribution in [2.45, 2.75) is 25.4 Å². The third-order valence-corrected chi connectivity index (χ3v) is 4.66. The van der Waals surface area contributed by atoms with E-state index in [1.165, 1.54) is 0 Å². The number of aromatic nitrogens is 2. The topological polar surface area (TPSA) is 131 Å². The van der Waals surface area contributed by atoms with Crippen LogP contribution in [0.3, 0.4) is 0 Å².